The summed E-state index contributed by atoms with van der Waals surface area (Å²) in [6.45, 7) is 4.39. The Kier molecular flexibility index (Phi) is 7.30. The van der Waals surface area contributed by atoms with Crippen LogP contribution in [0, 0.1) is 5.82 Å². The molecule has 0 aliphatic carbocycles. The highest BCUT2D eigenvalue weighted by atomic mass is 32.2. The standard InChI is InChI=1S/C24H24FNO2S/c1-3-28-23-14-11-19(15-20(23)16-29-22-7-5-4-6-8-22)24(27)26-17(2)18-9-12-21(25)13-10-18/h4-15,17H,3,16H2,1-2H3,(H,26,27)/t17-/m0/s1. The summed E-state index contributed by atoms with van der Waals surface area (Å²) in [6.07, 6.45) is 0. The molecule has 0 aliphatic heterocycles. The number of nitrogens with one attached hydrogen (secondary N) is 1. The van der Waals surface area contributed by atoms with E-state index >= 15 is 0 Å². The van der Waals surface area contributed by atoms with Crippen molar-refractivity contribution in [3.05, 3.63) is 95.3 Å². The molecule has 3 rings (SSSR count). The molecular formula is C24H24FNO2S. The molecule has 0 saturated heterocycles. The van der Waals surface area contributed by atoms with Crippen molar-refractivity contribution in [2.45, 2.75) is 30.5 Å². The molecule has 0 saturated carbocycles. The van der Waals surface area contributed by atoms with Gasteiger partial charge in [-0.15, -0.1) is 11.8 Å². The van der Waals surface area contributed by atoms with Crippen LogP contribution in [0.1, 0.15) is 41.4 Å². The van der Waals surface area contributed by atoms with Gasteiger partial charge in [0.1, 0.15) is 11.6 Å². The monoisotopic (exact) mass is 409 g/mol. The van der Waals surface area contributed by atoms with Crippen molar-refractivity contribution in [1.82, 2.24) is 5.32 Å². The van der Waals surface area contributed by atoms with Gasteiger partial charge < -0.3 is 10.1 Å². The Morgan fingerprint density at radius 1 is 1.07 bits per heavy atom. The van der Waals surface area contributed by atoms with Crippen LogP contribution in [0.4, 0.5) is 4.39 Å². The van der Waals surface area contributed by atoms with E-state index in [1.165, 1.54) is 12.1 Å². The molecule has 150 valence electrons. The zero-order valence-electron chi connectivity index (χ0n) is 16.5. The van der Waals surface area contributed by atoms with Gasteiger partial charge in [-0.3, -0.25) is 4.79 Å². The molecule has 0 aromatic heterocycles. The topological polar surface area (TPSA) is 38.3 Å². The molecule has 3 aromatic carbocycles. The molecule has 3 nitrogen and oxygen atoms in total. The lowest BCUT2D eigenvalue weighted by molar-refractivity contribution is 0.0939. The van der Waals surface area contributed by atoms with Gasteiger partial charge in [0.2, 0.25) is 0 Å². The van der Waals surface area contributed by atoms with Crippen LogP contribution in [0.25, 0.3) is 0 Å². The smallest absolute Gasteiger partial charge is 0.251 e. The Morgan fingerprint density at radius 2 is 1.79 bits per heavy atom. The van der Waals surface area contributed by atoms with Crippen molar-refractivity contribution in [3.8, 4) is 5.75 Å². The van der Waals surface area contributed by atoms with Crippen molar-refractivity contribution in [3.63, 3.8) is 0 Å². The fourth-order valence-corrected chi connectivity index (χ4v) is 3.82. The number of rotatable bonds is 8. The van der Waals surface area contributed by atoms with Crippen molar-refractivity contribution in [2.24, 2.45) is 0 Å². The van der Waals surface area contributed by atoms with Gasteiger partial charge in [0, 0.05) is 21.8 Å². The minimum atomic E-state index is -0.292. The lowest BCUT2D eigenvalue weighted by Gasteiger charge is -2.16. The maximum absolute atomic E-state index is 13.1. The molecule has 0 bridgehead atoms. The molecule has 29 heavy (non-hydrogen) atoms. The average Bonchev–Trinajstić information content (AvgIpc) is 2.74. The maximum Gasteiger partial charge on any atom is 0.251 e. The third-order valence-electron chi connectivity index (χ3n) is 4.48. The molecule has 3 aromatic rings. The lowest BCUT2D eigenvalue weighted by atomic mass is 10.1. The van der Waals surface area contributed by atoms with Crippen LogP contribution < -0.4 is 10.1 Å². The summed E-state index contributed by atoms with van der Waals surface area (Å²) in [7, 11) is 0. The number of halogens is 1. The minimum Gasteiger partial charge on any atom is -0.494 e. The Bertz CT molecular complexity index is 945. The summed E-state index contributed by atoms with van der Waals surface area (Å²) in [4.78, 5) is 13.9. The zero-order valence-corrected chi connectivity index (χ0v) is 17.3. The second-order valence-corrected chi connectivity index (χ2v) is 7.65. The predicted octanol–water partition coefficient (Wildman–Crippen LogP) is 6.01. The SMILES string of the molecule is CCOc1ccc(C(=O)N[C@@H](C)c2ccc(F)cc2)cc1CSc1ccccc1. The van der Waals surface area contributed by atoms with E-state index in [9.17, 15) is 9.18 Å². The third-order valence-corrected chi connectivity index (χ3v) is 5.54. The van der Waals surface area contributed by atoms with E-state index in [4.69, 9.17) is 4.74 Å². The van der Waals surface area contributed by atoms with Gasteiger partial charge in [-0.05, 0) is 61.9 Å². The fraction of sp³-hybridized carbons (Fsp3) is 0.208. The molecule has 0 aliphatic rings. The molecule has 1 amide bonds. The third kappa shape index (κ3) is 5.84. The van der Waals surface area contributed by atoms with Crippen LogP contribution in [0.5, 0.6) is 5.75 Å². The quantitative estimate of drug-likeness (QED) is 0.463. The molecule has 1 N–H and O–H groups in total. The van der Waals surface area contributed by atoms with Crippen LogP contribution in [-0.4, -0.2) is 12.5 Å². The second-order valence-electron chi connectivity index (χ2n) is 6.60. The van der Waals surface area contributed by atoms with Crippen molar-refractivity contribution in [2.75, 3.05) is 6.61 Å². The van der Waals surface area contributed by atoms with Crippen molar-refractivity contribution in [1.29, 1.82) is 0 Å². The Hall–Kier alpha value is -2.79. The van der Waals surface area contributed by atoms with Gasteiger partial charge in [-0.25, -0.2) is 4.39 Å². The van der Waals surface area contributed by atoms with Gasteiger partial charge in [0.25, 0.3) is 5.91 Å². The highest BCUT2D eigenvalue weighted by molar-refractivity contribution is 7.98. The highest BCUT2D eigenvalue weighted by Gasteiger charge is 2.14. The minimum absolute atomic E-state index is 0.171. The van der Waals surface area contributed by atoms with Gasteiger partial charge in [0.05, 0.1) is 12.6 Å². The van der Waals surface area contributed by atoms with E-state index in [-0.39, 0.29) is 17.8 Å². The lowest BCUT2D eigenvalue weighted by Crippen LogP contribution is -2.26. The Balaban J connectivity index is 1.74. The number of benzene rings is 3. The van der Waals surface area contributed by atoms with Crippen LogP contribution in [-0.2, 0) is 5.75 Å². The van der Waals surface area contributed by atoms with Crippen molar-refractivity contribution >= 4 is 17.7 Å². The Labute approximate surface area is 175 Å². The molecule has 0 radical (unpaired) electrons. The van der Waals surface area contributed by atoms with E-state index in [1.807, 2.05) is 44.2 Å². The molecule has 5 heteroatoms. The molecule has 1 atom stereocenters. The van der Waals surface area contributed by atoms with E-state index < -0.39 is 0 Å². The number of carbonyl (C=O) groups is 1. The number of carbonyl (C=O) groups excluding carboxylic acids is 1. The van der Waals surface area contributed by atoms with Crippen LogP contribution in [0.3, 0.4) is 0 Å². The summed E-state index contributed by atoms with van der Waals surface area (Å²) in [6, 6.07) is 21.6. The first-order valence-electron chi connectivity index (χ1n) is 9.56. The molecule has 0 spiro atoms. The summed E-state index contributed by atoms with van der Waals surface area (Å²) in [5, 5.41) is 2.98. The fourth-order valence-electron chi connectivity index (χ4n) is 2.92. The predicted molar refractivity (Wildman–Crippen MR) is 116 cm³/mol. The summed E-state index contributed by atoms with van der Waals surface area (Å²) < 4.78 is 18.9. The van der Waals surface area contributed by atoms with E-state index in [1.54, 1.807) is 30.0 Å². The summed E-state index contributed by atoms with van der Waals surface area (Å²) in [5.74, 6) is 1.03. The normalized spacial score (nSPS) is 11.7. The van der Waals surface area contributed by atoms with E-state index in [2.05, 4.69) is 17.4 Å². The van der Waals surface area contributed by atoms with Gasteiger partial charge in [-0.2, -0.15) is 0 Å². The number of amides is 1. The molecule has 0 heterocycles. The highest BCUT2D eigenvalue weighted by Crippen LogP contribution is 2.29. The molecule has 0 fully saturated rings. The average molecular weight is 410 g/mol. The van der Waals surface area contributed by atoms with Crippen molar-refractivity contribution < 1.29 is 13.9 Å². The number of hydrogen-bond donors (Lipinski definition) is 1. The second kappa shape index (κ2) is 10.1. The largest absolute Gasteiger partial charge is 0.494 e. The van der Waals surface area contributed by atoms with Crippen LogP contribution >= 0.6 is 11.8 Å². The Morgan fingerprint density at radius 3 is 2.48 bits per heavy atom. The number of hydrogen-bond acceptors (Lipinski definition) is 3. The zero-order chi connectivity index (χ0) is 20.6. The molecule has 0 unspecified atom stereocenters. The van der Waals surface area contributed by atoms with Crippen LogP contribution in [0.2, 0.25) is 0 Å². The van der Waals surface area contributed by atoms with Gasteiger partial charge in [0.15, 0.2) is 0 Å². The maximum atomic E-state index is 13.1. The molecular weight excluding hydrogens is 385 g/mol. The first kappa shape index (κ1) is 20.9. The number of ether oxygens (including phenoxy) is 1. The first-order chi connectivity index (χ1) is 14.1. The number of thioether (sulfide) groups is 1. The summed E-state index contributed by atoms with van der Waals surface area (Å²) in [5.41, 5.74) is 2.40. The first-order valence-corrected chi connectivity index (χ1v) is 10.5. The van der Waals surface area contributed by atoms with Crippen LogP contribution in [0.15, 0.2) is 77.7 Å². The van der Waals surface area contributed by atoms with E-state index in [0.717, 1.165) is 21.8 Å². The van der Waals surface area contributed by atoms with Gasteiger partial charge in [-0.1, -0.05) is 30.3 Å². The summed E-state index contributed by atoms with van der Waals surface area (Å²) >= 11 is 1.70. The van der Waals surface area contributed by atoms with Gasteiger partial charge >= 0.3 is 0 Å². The van der Waals surface area contributed by atoms with E-state index in [0.29, 0.717) is 17.9 Å².